The van der Waals surface area contributed by atoms with Gasteiger partial charge in [0.25, 0.3) is 10.2 Å². The van der Waals surface area contributed by atoms with Crippen molar-refractivity contribution in [2.24, 2.45) is 0 Å². The maximum Gasteiger partial charge on any atom is 0.282 e. The van der Waals surface area contributed by atoms with Crippen LogP contribution in [0.4, 0.5) is 5.69 Å². The molecule has 144 valence electrons. The predicted octanol–water partition coefficient (Wildman–Crippen LogP) is 3.04. The third kappa shape index (κ3) is 4.87. The van der Waals surface area contributed by atoms with Crippen molar-refractivity contribution < 1.29 is 13.2 Å². The van der Waals surface area contributed by atoms with Crippen LogP contribution in [0.25, 0.3) is 0 Å². The van der Waals surface area contributed by atoms with Crippen LogP contribution in [0.2, 0.25) is 5.02 Å². The van der Waals surface area contributed by atoms with Crippen LogP contribution >= 0.6 is 11.6 Å². The molecule has 0 aromatic heterocycles. The van der Waals surface area contributed by atoms with Crippen LogP contribution in [0.5, 0.6) is 0 Å². The quantitative estimate of drug-likeness (QED) is 0.828. The molecule has 1 heterocycles. The number of aryl methyl sites for hydroxylation is 1. The summed E-state index contributed by atoms with van der Waals surface area (Å²) in [7, 11) is -3.70. The Hall–Kier alpha value is -1.93. The molecule has 0 unspecified atom stereocenters. The molecule has 0 atom stereocenters. The van der Waals surface area contributed by atoms with Crippen molar-refractivity contribution in [3.05, 3.63) is 64.7 Å². The Morgan fingerprint density at radius 2 is 1.85 bits per heavy atom. The molecule has 2 aromatic rings. The SMILES string of the molecule is Cc1ccccc1CN1CCCN(CC(=O)Nc2cccc(Cl)c2)S1(=O)=O. The van der Waals surface area contributed by atoms with Crippen LogP contribution in [0.3, 0.4) is 0 Å². The van der Waals surface area contributed by atoms with Gasteiger partial charge in [0.15, 0.2) is 0 Å². The summed E-state index contributed by atoms with van der Waals surface area (Å²) in [4.78, 5) is 12.3. The number of halogens is 1. The van der Waals surface area contributed by atoms with Crippen molar-refractivity contribution in [3.63, 3.8) is 0 Å². The van der Waals surface area contributed by atoms with Gasteiger partial charge in [-0.25, -0.2) is 0 Å². The zero-order chi connectivity index (χ0) is 19.4. The van der Waals surface area contributed by atoms with Gasteiger partial charge in [-0.3, -0.25) is 4.79 Å². The van der Waals surface area contributed by atoms with E-state index in [1.54, 1.807) is 24.3 Å². The summed E-state index contributed by atoms with van der Waals surface area (Å²) in [5.41, 5.74) is 2.55. The standard InChI is InChI=1S/C19H22ClN3O3S/c1-15-6-2-3-7-16(15)13-22-10-5-11-23(27(22,25)26)14-19(24)21-18-9-4-8-17(20)12-18/h2-4,6-9,12H,5,10-11,13-14H2,1H3,(H,21,24). The number of nitrogens with one attached hydrogen (secondary N) is 1. The molecule has 3 rings (SSSR count). The van der Waals surface area contributed by atoms with Crippen LogP contribution in [-0.2, 0) is 21.5 Å². The second kappa shape index (κ2) is 8.39. The molecule has 1 saturated heterocycles. The lowest BCUT2D eigenvalue weighted by Crippen LogP contribution is -2.51. The molecule has 1 N–H and O–H groups in total. The topological polar surface area (TPSA) is 69.7 Å². The van der Waals surface area contributed by atoms with Crippen LogP contribution in [-0.4, -0.2) is 42.6 Å². The molecule has 0 aliphatic carbocycles. The summed E-state index contributed by atoms with van der Waals surface area (Å²) in [6, 6.07) is 14.5. The Bertz CT molecular complexity index is 933. The van der Waals surface area contributed by atoms with Gasteiger partial charge in [-0.1, -0.05) is 41.9 Å². The van der Waals surface area contributed by atoms with Crippen molar-refractivity contribution in [1.82, 2.24) is 8.61 Å². The third-order valence-corrected chi connectivity index (χ3v) is 6.67. The molecule has 0 saturated carbocycles. The molecule has 1 aliphatic heterocycles. The molecule has 1 aliphatic rings. The smallest absolute Gasteiger partial charge is 0.282 e. The van der Waals surface area contributed by atoms with E-state index in [9.17, 15) is 13.2 Å². The van der Waals surface area contributed by atoms with Gasteiger partial charge in [-0.2, -0.15) is 17.0 Å². The maximum absolute atomic E-state index is 12.9. The van der Waals surface area contributed by atoms with Gasteiger partial charge in [-0.15, -0.1) is 0 Å². The van der Waals surface area contributed by atoms with Crippen molar-refractivity contribution in [2.75, 3.05) is 25.0 Å². The number of rotatable bonds is 5. The molecule has 1 fully saturated rings. The highest BCUT2D eigenvalue weighted by atomic mass is 35.5. The van der Waals surface area contributed by atoms with Crippen LogP contribution < -0.4 is 5.32 Å². The average molecular weight is 408 g/mol. The van der Waals surface area contributed by atoms with Gasteiger partial charge in [0, 0.05) is 30.3 Å². The fourth-order valence-electron chi connectivity index (χ4n) is 3.04. The number of carbonyl (C=O) groups excluding carboxylic acids is 1. The van der Waals surface area contributed by atoms with E-state index in [-0.39, 0.29) is 6.54 Å². The Balaban J connectivity index is 1.68. The Morgan fingerprint density at radius 1 is 1.11 bits per heavy atom. The van der Waals surface area contributed by atoms with Crippen LogP contribution in [0, 0.1) is 6.92 Å². The first kappa shape index (κ1) is 19.8. The van der Waals surface area contributed by atoms with Crippen molar-refractivity contribution >= 4 is 33.4 Å². The molecule has 6 nitrogen and oxygen atoms in total. The Labute approximate surface area is 164 Å². The highest BCUT2D eigenvalue weighted by Crippen LogP contribution is 2.21. The first-order valence-electron chi connectivity index (χ1n) is 8.71. The summed E-state index contributed by atoms with van der Waals surface area (Å²) >= 11 is 5.91. The summed E-state index contributed by atoms with van der Waals surface area (Å²) in [6.45, 7) is 2.82. The minimum absolute atomic E-state index is 0.223. The third-order valence-electron chi connectivity index (χ3n) is 4.50. The predicted molar refractivity (Wildman–Crippen MR) is 107 cm³/mol. The number of hydrogen-bond acceptors (Lipinski definition) is 3. The van der Waals surface area contributed by atoms with E-state index in [4.69, 9.17) is 11.6 Å². The molecule has 2 aromatic carbocycles. The molecule has 0 bridgehead atoms. The van der Waals surface area contributed by atoms with E-state index in [1.807, 2.05) is 31.2 Å². The second-order valence-electron chi connectivity index (χ2n) is 6.51. The van der Waals surface area contributed by atoms with E-state index >= 15 is 0 Å². The molecule has 8 heteroatoms. The average Bonchev–Trinajstić information content (AvgIpc) is 2.60. The fourth-order valence-corrected chi connectivity index (χ4v) is 4.86. The summed E-state index contributed by atoms with van der Waals surface area (Å²) in [5.74, 6) is -0.390. The number of hydrogen-bond donors (Lipinski definition) is 1. The molecule has 1 amide bonds. The van der Waals surface area contributed by atoms with E-state index in [1.165, 1.54) is 8.61 Å². The summed E-state index contributed by atoms with van der Waals surface area (Å²) < 4.78 is 28.5. The van der Waals surface area contributed by atoms with E-state index in [2.05, 4.69) is 5.32 Å². The first-order chi connectivity index (χ1) is 12.9. The summed E-state index contributed by atoms with van der Waals surface area (Å²) in [5, 5.41) is 3.20. The monoisotopic (exact) mass is 407 g/mol. The van der Waals surface area contributed by atoms with Gasteiger partial charge >= 0.3 is 0 Å². The lowest BCUT2D eigenvalue weighted by molar-refractivity contribution is -0.116. The van der Waals surface area contributed by atoms with Crippen LogP contribution in [0.1, 0.15) is 17.5 Å². The van der Waals surface area contributed by atoms with Crippen LogP contribution in [0.15, 0.2) is 48.5 Å². The highest BCUT2D eigenvalue weighted by molar-refractivity contribution is 7.86. The largest absolute Gasteiger partial charge is 0.325 e. The first-order valence-corrected chi connectivity index (χ1v) is 10.5. The zero-order valence-corrected chi connectivity index (χ0v) is 16.6. The van der Waals surface area contributed by atoms with E-state index in [0.717, 1.165) is 11.1 Å². The summed E-state index contributed by atoms with van der Waals surface area (Å²) in [6.07, 6.45) is 0.676. The Kier molecular flexibility index (Phi) is 6.16. The minimum Gasteiger partial charge on any atom is -0.325 e. The van der Waals surface area contributed by atoms with E-state index < -0.39 is 16.1 Å². The lowest BCUT2D eigenvalue weighted by atomic mass is 10.1. The van der Waals surface area contributed by atoms with Gasteiger partial charge in [0.2, 0.25) is 5.91 Å². The molecular formula is C19H22ClN3O3S. The molecular weight excluding hydrogens is 386 g/mol. The van der Waals surface area contributed by atoms with Gasteiger partial charge in [0.05, 0.1) is 6.54 Å². The van der Waals surface area contributed by atoms with E-state index in [0.29, 0.717) is 36.8 Å². The minimum atomic E-state index is -3.70. The normalized spacial score (nSPS) is 17.6. The molecule has 0 spiro atoms. The van der Waals surface area contributed by atoms with Gasteiger partial charge in [0.1, 0.15) is 0 Å². The lowest BCUT2D eigenvalue weighted by Gasteiger charge is -2.34. The number of amides is 1. The zero-order valence-electron chi connectivity index (χ0n) is 15.1. The molecule has 0 radical (unpaired) electrons. The van der Waals surface area contributed by atoms with Gasteiger partial charge < -0.3 is 5.32 Å². The second-order valence-corrected chi connectivity index (χ2v) is 8.88. The van der Waals surface area contributed by atoms with Gasteiger partial charge in [-0.05, 0) is 42.7 Å². The van der Waals surface area contributed by atoms with Crippen molar-refractivity contribution in [2.45, 2.75) is 19.9 Å². The highest BCUT2D eigenvalue weighted by Gasteiger charge is 2.34. The number of carbonyl (C=O) groups is 1. The van der Waals surface area contributed by atoms with Crippen molar-refractivity contribution in [3.8, 4) is 0 Å². The van der Waals surface area contributed by atoms with Crippen molar-refractivity contribution in [1.29, 1.82) is 0 Å². The molecule has 27 heavy (non-hydrogen) atoms. The Morgan fingerprint density at radius 3 is 2.59 bits per heavy atom. The number of anilines is 1. The number of nitrogens with zero attached hydrogens (tertiary/aromatic N) is 2. The maximum atomic E-state index is 12.9. The fraction of sp³-hybridized carbons (Fsp3) is 0.316. The number of benzene rings is 2.